The lowest BCUT2D eigenvalue weighted by Crippen LogP contribution is -2.29. The number of hydrogen-bond acceptors (Lipinski definition) is 5. The Bertz CT molecular complexity index is 1450. The van der Waals surface area contributed by atoms with Crippen LogP contribution in [0.5, 0.6) is 5.75 Å². The maximum absolute atomic E-state index is 12.8. The molecule has 0 unspecified atom stereocenters. The van der Waals surface area contributed by atoms with E-state index in [1.54, 1.807) is 6.08 Å². The summed E-state index contributed by atoms with van der Waals surface area (Å²) in [6.07, 6.45) is 2.86. The predicted octanol–water partition coefficient (Wildman–Crippen LogP) is 6.49. The van der Waals surface area contributed by atoms with Crippen molar-refractivity contribution < 1.29 is 18.1 Å². The number of hydrogen-bond donors (Lipinski definition) is 0. The monoisotopic (exact) mass is 504 g/mol. The van der Waals surface area contributed by atoms with E-state index in [4.69, 9.17) is 4.74 Å². The van der Waals surface area contributed by atoms with E-state index in [0.29, 0.717) is 0 Å². The van der Waals surface area contributed by atoms with Gasteiger partial charge in [0.1, 0.15) is 6.61 Å². The number of anilines is 1. The number of nitro groups is 1. The van der Waals surface area contributed by atoms with Crippen LogP contribution in [0.15, 0.2) is 104 Å². The normalized spacial score (nSPS) is 10.7. The molecule has 186 valence electrons. The van der Waals surface area contributed by atoms with Gasteiger partial charge in [-0.25, -0.2) is 8.42 Å². The summed E-state index contributed by atoms with van der Waals surface area (Å²) in [4.78, 5) is 10.8. The van der Waals surface area contributed by atoms with Gasteiger partial charge in [0, 0.05) is 6.07 Å². The smallest absolute Gasteiger partial charge is 0.273 e. The molecule has 0 amide bonds. The van der Waals surface area contributed by atoms with Gasteiger partial charge in [0.15, 0.2) is 5.75 Å². The highest BCUT2D eigenvalue weighted by Gasteiger charge is 2.24. The van der Waals surface area contributed by atoms with Crippen LogP contribution in [0.3, 0.4) is 0 Å². The fourth-order valence-corrected chi connectivity index (χ4v) is 4.45. The van der Waals surface area contributed by atoms with Crippen LogP contribution in [0.4, 0.5) is 11.4 Å². The summed E-state index contributed by atoms with van der Waals surface area (Å²) < 4.78 is 32.7. The summed E-state index contributed by atoms with van der Waals surface area (Å²) in [6.45, 7) is 5.45. The molecule has 0 spiro atoms. The molecule has 0 heterocycles. The zero-order valence-electron chi connectivity index (χ0n) is 20.2. The molecule has 36 heavy (non-hydrogen) atoms. The average molecular weight is 505 g/mol. The molecule has 0 bridgehead atoms. The van der Waals surface area contributed by atoms with Crippen LogP contribution in [0.2, 0.25) is 0 Å². The molecular weight excluding hydrogens is 476 g/mol. The number of ether oxygens (including phenoxy) is 1. The van der Waals surface area contributed by atoms with Crippen molar-refractivity contribution in [2.75, 3.05) is 10.6 Å². The SMILES string of the molecule is C=CC.CS(=O)(=O)N(Cc1ccc2ccccc2c1)c1ccc([N+](=O)[O-])cc1OCc1ccccc1. The van der Waals surface area contributed by atoms with Crippen molar-refractivity contribution in [1.82, 2.24) is 0 Å². The molecule has 0 aliphatic carbocycles. The van der Waals surface area contributed by atoms with E-state index in [1.165, 1.54) is 22.5 Å². The number of non-ortho nitro benzene ring substituents is 1. The number of sulfonamides is 1. The van der Waals surface area contributed by atoms with E-state index in [-0.39, 0.29) is 30.3 Å². The first-order valence-electron chi connectivity index (χ1n) is 11.2. The lowest BCUT2D eigenvalue weighted by Gasteiger charge is -2.25. The topological polar surface area (TPSA) is 89.8 Å². The Balaban J connectivity index is 0.00000115. The summed E-state index contributed by atoms with van der Waals surface area (Å²) in [5.41, 5.74) is 1.70. The minimum absolute atomic E-state index is 0.0587. The molecule has 0 atom stereocenters. The van der Waals surface area contributed by atoms with E-state index in [9.17, 15) is 18.5 Å². The number of fused-ring (bicyclic) bond motifs is 1. The molecule has 0 saturated carbocycles. The summed E-state index contributed by atoms with van der Waals surface area (Å²) in [7, 11) is -3.72. The van der Waals surface area contributed by atoms with Gasteiger partial charge in [-0.2, -0.15) is 0 Å². The minimum atomic E-state index is -3.72. The molecule has 0 N–H and O–H groups in total. The van der Waals surface area contributed by atoms with Crippen LogP contribution < -0.4 is 9.04 Å². The highest BCUT2D eigenvalue weighted by molar-refractivity contribution is 7.92. The molecule has 4 rings (SSSR count). The van der Waals surface area contributed by atoms with Crippen LogP contribution in [-0.4, -0.2) is 19.6 Å². The van der Waals surface area contributed by atoms with Crippen molar-refractivity contribution in [3.63, 3.8) is 0 Å². The highest BCUT2D eigenvalue weighted by atomic mass is 32.2. The Kier molecular flexibility index (Phi) is 8.81. The minimum Gasteiger partial charge on any atom is -0.486 e. The van der Waals surface area contributed by atoms with Gasteiger partial charge in [-0.1, -0.05) is 72.8 Å². The van der Waals surface area contributed by atoms with Gasteiger partial charge in [-0.15, -0.1) is 6.58 Å². The maximum Gasteiger partial charge on any atom is 0.273 e. The number of benzene rings is 4. The first-order valence-corrected chi connectivity index (χ1v) is 13.1. The number of nitro benzene ring substituents is 1. The molecule has 8 heteroatoms. The molecule has 0 aliphatic rings. The second kappa shape index (κ2) is 12.0. The summed E-state index contributed by atoms with van der Waals surface area (Å²) in [5, 5.41) is 13.4. The third-order valence-corrected chi connectivity index (χ3v) is 6.33. The van der Waals surface area contributed by atoms with E-state index in [2.05, 4.69) is 6.58 Å². The molecule has 0 aliphatic heterocycles. The van der Waals surface area contributed by atoms with E-state index < -0.39 is 14.9 Å². The van der Waals surface area contributed by atoms with E-state index in [1.807, 2.05) is 79.7 Å². The van der Waals surface area contributed by atoms with Crippen molar-refractivity contribution in [3.05, 3.63) is 125 Å². The van der Waals surface area contributed by atoms with Crippen LogP contribution in [-0.2, 0) is 23.2 Å². The van der Waals surface area contributed by atoms with Crippen molar-refractivity contribution in [2.45, 2.75) is 20.1 Å². The van der Waals surface area contributed by atoms with E-state index >= 15 is 0 Å². The largest absolute Gasteiger partial charge is 0.486 e. The molecular formula is C28H28N2O5S. The molecule has 0 saturated heterocycles. The zero-order valence-corrected chi connectivity index (χ0v) is 21.0. The van der Waals surface area contributed by atoms with Crippen molar-refractivity contribution >= 4 is 32.2 Å². The van der Waals surface area contributed by atoms with Gasteiger partial charge < -0.3 is 4.74 Å². The molecule has 0 fully saturated rings. The quantitative estimate of drug-likeness (QED) is 0.155. The first-order chi connectivity index (χ1) is 17.2. The van der Waals surface area contributed by atoms with E-state index in [0.717, 1.165) is 28.2 Å². The second-order valence-corrected chi connectivity index (χ2v) is 9.95. The molecule has 4 aromatic carbocycles. The van der Waals surface area contributed by atoms with Gasteiger partial charge >= 0.3 is 0 Å². The molecule has 0 aromatic heterocycles. The first kappa shape index (κ1) is 26.4. The van der Waals surface area contributed by atoms with Gasteiger partial charge in [-0.05, 0) is 41.0 Å². The average Bonchev–Trinajstić information content (AvgIpc) is 2.86. The van der Waals surface area contributed by atoms with Crippen LogP contribution in [0.1, 0.15) is 18.1 Å². The number of allylic oxidation sites excluding steroid dienone is 1. The van der Waals surface area contributed by atoms with Crippen molar-refractivity contribution in [3.8, 4) is 5.75 Å². The molecule has 0 radical (unpaired) electrons. The number of rotatable bonds is 8. The van der Waals surface area contributed by atoms with Crippen LogP contribution in [0.25, 0.3) is 10.8 Å². The highest BCUT2D eigenvalue weighted by Crippen LogP contribution is 2.35. The van der Waals surface area contributed by atoms with Gasteiger partial charge in [0.25, 0.3) is 5.69 Å². The maximum atomic E-state index is 12.8. The van der Waals surface area contributed by atoms with Crippen molar-refractivity contribution in [2.24, 2.45) is 0 Å². The predicted molar refractivity (Wildman–Crippen MR) is 145 cm³/mol. The van der Waals surface area contributed by atoms with Gasteiger partial charge in [0.05, 0.1) is 29.5 Å². The fourth-order valence-electron chi connectivity index (χ4n) is 3.56. The Hall–Kier alpha value is -4.17. The third-order valence-electron chi connectivity index (χ3n) is 5.20. The molecule has 4 aromatic rings. The second-order valence-electron chi connectivity index (χ2n) is 8.04. The van der Waals surface area contributed by atoms with Crippen LogP contribution in [0, 0.1) is 10.1 Å². The Morgan fingerprint density at radius 2 is 1.56 bits per heavy atom. The van der Waals surface area contributed by atoms with Crippen LogP contribution >= 0.6 is 0 Å². The summed E-state index contributed by atoms with van der Waals surface area (Å²) in [6, 6.07) is 26.8. The van der Waals surface area contributed by atoms with Gasteiger partial charge in [-0.3, -0.25) is 14.4 Å². The van der Waals surface area contributed by atoms with Crippen molar-refractivity contribution in [1.29, 1.82) is 0 Å². The summed E-state index contributed by atoms with van der Waals surface area (Å²) in [5.74, 6) is 0.124. The third kappa shape index (κ3) is 6.93. The Labute approximate surface area is 211 Å². The summed E-state index contributed by atoms with van der Waals surface area (Å²) >= 11 is 0. The molecule has 7 nitrogen and oxygen atoms in total. The Morgan fingerprint density at radius 3 is 2.19 bits per heavy atom. The number of nitrogens with zero attached hydrogens (tertiary/aromatic N) is 2. The zero-order chi connectivity index (χ0) is 26.1. The standard InChI is InChI=1S/C25H22N2O5S.C3H6/c1-33(30,31)26(17-20-11-12-21-9-5-6-10-22(21)15-20)24-14-13-23(27(28)29)16-25(24)32-18-19-7-3-2-4-8-19;1-3-2/h2-16H,17-18H2,1H3;3H,1H2,2H3. The Morgan fingerprint density at radius 1 is 0.917 bits per heavy atom. The lowest BCUT2D eigenvalue weighted by atomic mass is 10.1. The fraction of sp³-hybridized carbons (Fsp3) is 0.143. The lowest BCUT2D eigenvalue weighted by molar-refractivity contribution is -0.384. The van der Waals surface area contributed by atoms with Gasteiger partial charge in [0.2, 0.25) is 10.0 Å².